The van der Waals surface area contributed by atoms with Gasteiger partial charge in [0.25, 0.3) is 0 Å². The number of ether oxygens (including phenoxy) is 1. The van der Waals surface area contributed by atoms with Crippen LogP contribution in [-0.4, -0.2) is 37.9 Å². The second-order valence-electron chi connectivity index (χ2n) is 6.56. The molecule has 1 fully saturated rings. The summed E-state index contributed by atoms with van der Waals surface area (Å²) < 4.78 is 6.30. The molecule has 0 saturated carbocycles. The van der Waals surface area contributed by atoms with Gasteiger partial charge in [0, 0.05) is 46.4 Å². The molecule has 1 aliphatic heterocycles. The number of halogens is 1. The molecule has 1 heterocycles. The van der Waals surface area contributed by atoms with Gasteiger partial charge in [-0.15, -0.1) is 11.8 Å². The minimum absolute atomic E-state index is 0.150. The van der Waals surface area contributed by atoms with Gasteiger partial charge in [0.1, 0.15) is 5.75 Å². The van der Waals surface area contributed by atoms with Gasteiger partial charge in [-0.2, -0.15) is 0 Å². The largest absolute Gasteiger partial charge is 0.497 e. The molecule has 0 aromatic heterocycles. The Balaban J connectivity index is 1.38. The third-order valence-electron chi connectivity index (χ3n) is 4.72. The van der Waals surface area contributed by atoms with E-state index in [0.29, 0.717) is 6.42 Å². The Bertz CT molecular complexity index is 746. The first-order chi connectivity index (χ1) is 13.2. The number of nitrogens with one attached hydrogen (secondary N) is 1. The number of carbonyl (C=O) groups is 1. The molecule has 0 atom stereocenters. The van der Waals surface area contributed by atoms with Crippen molar-refractivity contribution < 1.29 is 9.53 Å². The topological polar surface area (TPSA) is 41.6 Å². The number of thioether (sulfide) groups is 1. The lowest BCUT2D eigenvalue weighted by molar-refractivity contribution is -0.121. The van der Waals surface area contributed by atoms with E-state index in [1.54, 1.807) is 18.9 Å². The fraction of sp³-hybridized carbons (Fsp3) is 0.381. The van der Waals surface area contributed by atoms with Gasteiger partial charge < -0.3 is 15.0 Å². The molecule has 2 aromatic rings. The lowest BCUT2D eigenvalue weighted by atomic mass is 10.0. The van der Waals surface area contributed by atoms with Gasteiger partial charge in [-0.25, -0.2) is 0 Å². The lowest BCUT2D eigenvalue weighted by Crippen LogP contribution is -2.44. The number of nitrogens with zero attached hydrogens (tertiary/aromatic N) is 1. The van der Waals surface area contributed by atoms with Crippen LogP contribution in [0.1, 0.15) is 19.3 Å². The van der Waals surface area contributed by atoms with Crippen molar-refractivity contribution in [2.75, 3.05) is 30.9 Å². The molecular formula is C21H25BrN2O2S. The van der Waals surface area contributed by atoms with E-state index < -0.39 is 0 Å². The highest BCUT2D eigenvalue weighted by atomic mass is 79.9. The molecular weight excluding hydrogens is 424 g/mol. The molecule has 6 heteroatoms. The molecule has 0 bridgehead atoms. The van der Waals surface area contributed by atoms with Crippen molar-refractivity contribution in [3.8, 4) is 5.75 Å². The van der Waals surface area contributed by atoms with Gasteiger partial charge >= 0.3 is 0 Å². The van der Waals surface area contributed by atoms with Gasteiger partial charge in [-0.3, -0.25) is 4.79 Å². The van der Waals surface area contributed by atoms with Gasteiger partial charge in [-0.05, 0) is 65.2 Å². The Hall–Kier alpha value is -1.66. The number of piperidine rings is 1. The first-order valence-corrected chi connectivity index (χ1v) is 11.0. The molecule has 0 radical (unpaired) electrons. The Morgan fingerprint density at radius 3 is 2.56 bits per heavy atom. The highest BCUT2D eigenvalue weighted by Crippen LogP contribution is 2.27. The third kappa shape index (κ3) is 5.91. The lowest BCUT2D eigenvalue weighted by Gasteiger charge is -2.34. The summed E-state index contributed by atoms with van der Waals surface area (Å²) in [5.74, 6) is 1.82. The summed E-state index contributed by atoms with van der Waals surface area (Å²) in [7, 11) is 1.68. The molecule has 1 amide bonds. The van der Waals surface area contributed by atoms with Crippen molar-refractivity contribution >= 4 is 39.3 Å². The van der Waals surface area contributed by atoms with Crippen LogP contribution in [0, 0.1) is 0 Å². The highest BCUT2D eigenvalue weighted by Gasteiger charge is 2.20. The second kappa shape index (κ2) is 10.0. The van der Waals surface area contributed by atoms with Crippen molar-refractivity contribution in [2.24, 2.45) is 0 Å². The zero-order valence-electron chi connectivity index (χ0n) is 15.5. The molecule has 1 N–H and O–H groups in total. The predicted molar refractivity (Wildman–Crippen MR) is 116 cm³/mol. The van der Waals surface area contributed by atoms with Gasteiger partial charge in [0.05, 0.1) is 7.11 Å². The number of amides is 1. The summed E-state index contributed by atoms with van der Waals surface area (Å²) in [4.78, 5) is 15.8. The first kappa shape index (κ1) is 20.1. The Labute approximate surface area is 173 Å². The highest BCUT2D eigenvalue weighted by molar-refractivity contribution is 9.10. The van der Waals surface area contributed by atoms with Crippen LogP contribution in [0.15, 0.2) is 57.9 Å². The SMILES string of the molecule is COc1ccc(N2CCC(NC(=O)CCSc3ccccc3Br)CC2)cc1. The van der Waals surface area contributed by atoms with Gasteiger partial charge in [0.2, 0.25) is 5.91 Å². The molecule has 1 saturated heterocycles. The van der Waals surface area contributed by atoms with E-state index in [4.69, 9.17) is 4.74 Å². The summed E-state index contributed by atoms with van der Waals surface area (Å²) in [6.45, 7) is 1.92. The van der Waals surface area contributed by atoms with Crippen LogP contribution in [0.2, 0.25) is 0 Å². The van der Waals surface area contributed by atoms with Crippen LogP contribution in [0.4, 0.5) is 5.69 Å². The normalized spacial score (nSPS) is 14.8. The minimum Gasteiger partial charge on any atom is -0.497 e. The van der Waals surface area contributed by atoms with Crippen molar-refractivity contribution in [3.63, 3.8) is 0 Å². The molecule has 4 nitrogen and oxygen atoms in total. The summed E-state index contributed by atoms with van der Waals surface area (Å²) >= 11 is 5.25. The van der Waals surface area contributed by atoms with E-state index in [9.17, 15) is 4.79 Å². The quantitative estimate of drug-likeness (QED) is 0.621. The summed E-state index contributed by atoms with van der Waals surface area (Å²) in [5, 5.41) is 3.20. The number of methoxy groups -OCH3 is 1. The number of hydrogen-bond donors (Lipinski definition) is 1. The smallest absolute Gasteiger partial charge is 0.221 e. The predicted octanol–water partition coefficient (Wildman–Crippen LogP) is 4.73. The second-order valence-corrected chi connectivity index (χ2v) is 8.55. The van der Waals surface area contributed by atoms with Crippen LogP contribution in [-0.2, 0) is 4.79 Å². The molecule has 2 aromatic carbocycles. The van der Waals surface area contributed by atoms with Crippen molar-refractivity contribution in [3.05, 3.63) is 53.0 Å². The molecule has 0 spiro atoms. The molecule has 27 heavy (non-hydrogen) atoms. The van der Waals surface area contributed by atoms with E-state index >= 15 is 0 Å². The average molecular weight is 449 g/mol. The Morgan fingerprint density at radius 1 is 1.19 bits per heavy atom. The first-order valence-electron chi connectivity index (χ1n) is 9.21. The van der Waals surface area contributed by atoms with Crippen molar-refractivity contribution in [1.82, 2.24) is 5.32 Å². The van der Waals surface area contributed by atoms with Crippen LogP contribution in [0.5, 0.6) is 5.75 Å². The van der Waals surface area contributed by atoms with Gasteiger partial charge in [-0.1, -0.05) is 12.1 Å². The zero-order chi connectivity index (χ0) is 19.1. The van der Waals surface area contributed by atoms with E-state index in [-0.39, 0.29) is 11.9 Å². The Morgan fingerprint density at radius 2 is 1.89 bits per heavy atom. The molecule has 0 unspecified atom stereocenters. The summed E-state index contributed by atoms with van der Waals surface area (Å²) in [6.07, 6.45) is 2.51. The van der Waals surface area contributed by atoms with Crippen molar-refractivity contribution in [1.29, 1.82) is 0 Å². The molecule has 144 valence electrons. The maximum Gasteiger partial charge on any atom is 0.221 e. The summed E-state index contributed by atoms with van der Waals surface area (Å²) in [6, 6.07) is 16.6. The zero-order valence-corrected chi connectivity index (χ0v) is 17.9. The number of anilines is 1. The minimum atomic E-state index is 0.150. The van der Waals surface area contributed by atoms with Crippen LogP contribution in [0.25, 0.3) is 0 Å². The van der Waals surface area contributed by atoms with E-state index in [2.05, 4.69) is 44.3 Å². The van der Waals surface area contributed by atoms with Crippen LogP contribution >= 0.6 is 27.7 Å². The van der Waals surface area contributed by atoms with E-state index in [1.807, 2.05) is 30.3 Å². The number of rotatable bonds is 7. The van der Waals surface area contributed by atoms with E-state index in [1.165, 1.54) is 10.6 Å². The molecule has 0 aliphatic carbocycles. The molecule has 1 aliphatic rings. The molecule has 3 rings (SSSR count). The standard InChI is InChI=1S/C21H25BrN2O2S/c1-26-18-8-6-17(7-9-18)24-13-10-16(11-14-24)23-21(25)12-15-27-20-5-3-2-4-19(20)22/h2-9,16H,10-15H2,1H3,(H,23,25). The van der Waals surface area contributed by atoms with Crippen LogP contribution in [0.3, 0.4) is 0 Å². The third-order valence-corrected chi connectivity index (χ3v) is 6.75. The maximum atomic E-state index is 12.2. The number of carbonyl (C=O) groups excluding carboxylic acids is 1. The Kier molecular flexibility index (Phi) is 7.47. The van der Waals surface area contributed by atoms with Crippen LogP contribution < -0.4 is 15.0 Å². The van der Waals surface area contributed by atoms with E-state index in [0.717, 1.165) is 41.9 Å². The number of benzene rings is 2. The summed E-state index contributed by atoms with van der Waals surface area (Å²) in [5.41, 5.74) is 1.21. The fourth-order valence-electron chi connectivity index (χ4n) is 3.19. The monoisotopic (exact) mass is 448 g/mol. The fourth-order valence-corrected chi connectivity index (χ4v) is 4.71. The van der Waals surface area contributed by atoms with Crippen molar-refractivity contribution in [2.45, 2.75) is 30.2 Å². The maximum absolute atomic E-state index is 12.2. The van der Waals surface area contributed by atoms with Gasteiger partial charge in [0.15, 0.2) is 0 Å². The average Bonchev–Trinajstić information content (AvgIpc) is 2.70. The number of hydrogen-bond acceptors (Lipinski definition) is 4.